The van der Waals surface area contributed by atoms with Gasteiger partial charge >= 0.3 is 0 Å². The zero-order chi connectivity index (χ0) is 13.9. The van der Waals surface area contributed by atoms with E-state index < -0.39 is 0 Å². The van der Waals surface area contributed by atoms with Gasteiger partial charge in [-0.25, -0.2) is 9.13 Å². The SMILES string of the molecule is c1cc[n+](CCCCOCCC[n+]2ccccc2)cc1. The molecule has 0 N–H and O–H groups in total. The molecule has 0 aliphatic rings. The Balaban J connectivity index is 1.44. The van der Waals surface area contributed by atoms with E-state index in [1.807, 2.05) is 12.1 Å². The molecule has 2 rings (SSSR count). The molecule has 0 radical (unpaired) electrons. The number of rotatable bonds is 9. The Morgan fingerprint density at radius 3 is 1.65 bits per heavy atom. The van der Waals surface area contributed by atoms with Crippen LogP contribution in [-0.4, -0.2) is 13.2 Å². The fourth-order valence-electron chi connectivity index (χ4n) is 2.12. The number of aryl methyl sites for hydroxylation is 2. The van der Waals surface area contributed by atoms with Crippen molar-refractivity contribution in [1.29, 1.82) is 0 Å². The van der Waals surface area contributed by atoms with E-state index in [4.69, 9.17) is 4.74 Å². The number of hydrogen-bond donors (Lipinski definition) is 0. The first kappa shape index (κ1) is 14.7. The summed E-state index contributed by atoms with van der Waals surface area (Å²) in [5, 5.41) is 0. The van der Waals surface area contributed by atoms with Crippen molar-refractivity contribution in [3.63, 3.8) is 0 Å². The first-order valence-corrected chi connectivity index (χ1v) is 7.41. The molecular formula is C17H24N2O+2. The summed E-state index contributed by atoms with van der Waals surface area (Å²) in [4.78, 5) is 0. The molecule has 20 heavy (non-hydrogen) atoms. The van der Waals surface area contributed by atoms with Gasteiger partial charge in [-0.05, 0) is 6.42 Å². The molecule has 0 spiro atoms. The molecule has 0 fully saturated rings. The summed E-state index contributed by atoms with van der Waals surface area (Å²) >= 11 is 0. The summed E-state index contributed by atoms with van der Waals surface area (Å²) < 4.78 is 10.1. The van der Waals surface area contributed by atoms with E-state index in [0.717, 1.165) is 39.1 Å². The number of aromatic nitrogens is 2. The molecular weight excluding hydrogens is 248 g/mol. The molecule has 2 heterocycles. The minimum absolute atomic E-state index is 0.848. The van der Waals surface area contributed by atoms with Crippen LogP contribution in [0.15, 0.2) is 61.2 Å². The first-order valence-electron chi connectivity index (χ1n) is 7.41. The maximum Gasteiger partial charge on any atom is 0.168 e. The lowest BCUT2D eigenvalue weighted by Crippen LogP contribution is -2.33. The number of hydrogen-bond acceptors (Lipinski definition) is 1. The van der Waals surface area contributed by atoms with Crippen LogP contribution >= 0.6 is 0 Å². The summed E-state index contributed by atoms with van der Waals surface area (Å²) in [5.41, 5.74) is 0. The minimum atomic E-state index is 0.848. The van der Waals surface area contributed by atoms with Crippen molar-refractivity contribution in [2.75, 3.05) is 13.2 Å². The van der Waals surface area contributed by atoms with Gasteiger partial charge < -0.3 is 4.74 Å². The zero-order valence-corrected chi connectivity index (χ0v) is 12.0. The third kappa shape index (κ3) is 5.93. The van der Waals surface area contributed by atoms with Gasteiger partial charge in [0, 0.05) is 43.7 Å². The van der Waals surface area contributed by atoms with Crippen LogP contribution in [0, 0.1) is 0 Å². The average molecular weight is 272 g/mol. The van der Waals surface area contributed by atoms with E-state index in [-0.39, 0.29) is 0 Å². The van der Waals surface area contributed by atoms with Crippen LogP contribution in [0.5, 0.6) is 0 Å². The highest BCUT2D eigenvalue weighted by molar-refractivity contribution is 4.84. The number of unbranched alkanes of at least 4 members (excludes halogenated alkanes) is 1. The molecule has 3 nitrogen and oxygen atoms in total. The van der Waals surface area contributed by atoms with Crippen LogP contribution in [0.3, 0.4) is 0 Å². The number of ether oxygens (including phenoxy) is 1. The van der Waals surface area contributed by atoms with Crippen molar-refractivity contribution in [3.8, 4) is 0 Å². The van der Waals surface area contributed by atoms with Gasteiger partial charge in [-0.15, -0.1) is 0 Å². The fourth-order valence-corrected chi connectivity index (χ4v) is 2.12. The normalized spacial score (nSPS) is 10.6. The molecule has 0 aliphatic carbocycles. The van der Waals surface area contributed by atoms with E-state index >= 15 is 0 Å². The Labute approximate surface area is 121 Å². The molecule has 0 saturated carbocycles. The van der Waals surface area contributed by atoms with Crippen LogP contribution < -0.4 is 9.13 Å². The van der Waals surface area contributed by atoms with Gasteiger partial charge in [0.2, 0.25) is 0 Å². The van der Waals surface area contributed by atoms with Crippen molar-refractivity contribution in [1.82, 2.24) is 0 Å². The lowest BCUT2D eigenvalue weighted by molar-refractivity contribution is -0.697. The molecule has 0 amide bonds. The maximum absolute atomic E-state index is 5.67. The lowest BCUT2D eigenvalue weighted by atomic mass is 10.3. The first-order chi connectivity index (χ1) is 9.95. The summed E-state index contributed by atoms with van der Waals surface area (Å²) in [5.74, 6) is 0. The van der Waals surface area contributed by atoms with Gasteiger partial charge in [0.05, 0.1) is 6.61 Å². The van der Waals surface area contributed by atoms with Gasteiger partial charge in [-0.2, -0.15) is 0 Å². The molecule has 2 aromatic heterocycles. The third-order valence-corrected chi connectivity index (χ3v) is 3.21. The van der Waals surface area contributed by atoms with Crippen LogP contribution in [0.1, 0.15) is 19.3 Å². The molecule has 0 atom stereocenters. The van der Waals surface area contributed by atoms with E-state index in [9.17, 15) is 0 Å². The Morgan fingerprint density at radius 1 is 0.550 bits per heavy atom. The highest BCUT2D eigenvalue weighted by Gasteiger charge is 1.99. The molecule has 0 saturated heterocycles. The highest BCUT2D eigenvalue weighted by atomic mass is 16.5. The standard InChI is InChI=1S/C17H24N2O/c1-3-10-18(11-4-1)14-7-8-16-20-17-9-15-19-12-5-2-6-13-19/h1-6,10-13H,7-9,14-17H2/q+2. The zero-order valence-electron chi connectivity index (χ0n) is 12.0. The lowest BCUT2D eigenvalue weighted by Gasteiger charge is -2.02. The highest BCUT2D eigenvalue weighted by Crippen LogP contribution is 1.92. The Hall–Kier alpha value is -1.74. The van der Waals surface area contributed by atoms with E-state index in [1.165, 1.54) is 6.42 Å². The smallest absolute Gasteiger partial charge is 0.168 e. The molecule has 0 bridgehead atoms. The van der Waals surface area contributed by atoms with Gasteiger partial charge in [0.25, 0.3) is 0 Å². The summed E-state index contributed by atoms with van der Waals surface area (Å²) in [6.45, 7) is 3.82. The van der Waals surface area contributed by atoms with E-state index in [0.29, 0.717) is 0 Å². The summed E-state index contributed by atoms with van der Waals surface area (Å²) in [6.07, 6.45) is 11.8. The molecule has 0 aliphatic heterocycles. The van der Waals surface area contributed by atoms with Gasteiger partial charge in [0.15, 0.2) is 31.3 Å². The predicted molar refractivity (Wildman–Crippen MR) is 77.9 cm³/mol. The Kier molecular flexibility index (Phi) is 6.75. The average Bonchev–Trinajstić information content (AvgIpc) is 2.52. The minimum Gasteiger partial charge on any atom is -0.381 e. The second-order valence-corrected chi connectivity index (χ2v) is 4.90. The topological polar surface area (TPSA) is 17.0 Å². The Bertz CT molecular complexity index is 413. The predicted octanol–water partition coefficient (Wildman–Crippen LogP) is 2.15. The second-order valence-electron chi connectivity index (χ2n) is 4.90. The van der Waals surface area contributed by atoms with E-state index in [2.05, 4.69) is 58.2 Å². The van der Waals surface area contributed by atoms with Crippen LogP contribution in [-0.2, 0) is 17.8 Å². The molecule has 2 aromatic rings. The van der Waals surface area contributed by atoms with Crippen molar-refractivity contribution in [3.05, 3.63) is 61.2 Å². The van der Waals surface area contributed by atoms with Gasteiger partial charge in [0.1, 0.15) is 6.54 Å². The van der Waals surface area contributed by atoms with Gasteiger partial charge in [-0.3, -0.25) is 0 Å². The molecule has 106 valence electrons. The van der Waals surface area contributed by atoms with Crippen molar-refractivity contribution >= 4 is 0 Å². The Morgan fingerprint density at radius 2 is 1.05 bits per heavy atom. The molecule has 0 unspecified atom stereocenters. The number of pyridine rings is 2. The summed E-state index contributed by atoms with van der Waals surface area (Å²) in [6, 6.07) is 12.3. The fraction of sp³-hybridized carbons (Fsp3) is 0.412. The van der Waals surface area contributed by atoms with Crippen molar-refractivity contribution in [2.45, 2.75) is 32.4 Å². The molecule has 0 aromatic carbocycles. The monoisotopic (exact) mass is 272 g/mol. The largest absolute Gasteiger partial charge is 0.381 e. The van der Waals surface area contributed by atoms with Crippen LogP contribution in [0.2, 0.25) is 0 Å². The number of nitrogens with zero attached hydrogens (tertiary/aromatic N) is 2. The van der Waals surface area contributed by atoms with Crippen molar-refractivity contribution in [2.24, 2.45) is 0 Å². The van der Waals surface area contributed by atoms with Gasteiger partial charge in [-0.1, -0.05) is 12.1 Å². The quantitative estimate of drug-likeness (QED) is 0.505. The third-order valence-electron chi connectivity index (χ3n) is 3.21. The van der Waals surface area contributed by atoms with E-state index in [1.54, 1.807) is 0 Å². The maximum atomic E-state index is 5.67. The van der Waals surface area contributed by atoms with Crippen LogP contribution in [0.4, 0.5) is 0 Å². The second kappa shape index (κ2) is 9.21. The van der Waals surface area contributed by atoms with Crippen molar-refractivity contribution < 1.29 is 13.9 Å². The molecule has 3 heteroatoms. The van der Waals surface area contributed by atoms with Crippen LogP contribution in [0.25, 0.3) is 0 Å². The summed E-state index contributed by atoms with van der Waals surface area (Å²) in [7, 11) is 0.